The molecule has 1 aromatic carbocycles. The van der Waals surface area contributed by atoms with Gasteiger partial charge in [0.15, 0.2) is 0 Å². The van der Waals surface area contributed by atoms with E-state index >= 15 is 0 Å². The van der Waals surface area contributed by atoms with Crippen molar-refractivity contribution in [2.75, 3.05) is 5.32 Å². The third-order valence-corrected chi connectivity index (χ3v) is 2.26. The zero-order chi connectivity index (χ0) is 14.0. The van der Waals surface area contributed by atoms with Crippen LogP contribution in [0.25, 0.3) is 0 Å². The maximum Gasteiger partial charge on any atom is 0.412 e. The number of amides is 1. The smallest absolute Gasteiger partial charge is 0.412 e. The second-order valence-electron chi connectivity index (χ2n) is 5.89. The molecule has 4 nitrogen and oxygen atoms in total. The van der Waals surface area contributed by atoms with Crippen LogP contribution in [0.15, 0.2) is 24.3 Å². The van der Waals surface area contributed by atoms with Crippen LogP contribution < -0.4 is 11.1 Å². The number of para-hydroxylation sites is 1. The van der Waals surface area contributed by atoms with Gasteiger partial charge in [-0.25, -0.2) is 4.79 Å². The van der Waals surface area contributed by atoms with E-state index < -0.39 is 17.2 Å². The van der Waals surface area contributed by atoms with Gasteiger partial charge >= 0.3 is 6.09 Å². The summed E-state index contributed by atoms with van der Waals surface area (Å²) in [5, 5.41) is 2.73. The van der Waals surface area contributed by atoms with E-state index in [9.17, 15) is 4.79 Å². The summed E-state index contributed by atoms with van der Waals surface area (Å²) in [6, 6.07) is 7.45. The highest BCUT2D eigenvalue weighted by atomic mass is 16.6. The molecule has 1 rings (SSSR count). The molecule has 100 valence electrons. The molecule has 0 saturated carbocycles. The lowest BCUT2D eigenvalue weighted by Crippen LogP contribution is -2.32. The molecular formula is C14H22N2O2. The maximum absolute atomic E-state index is 11.7. The number of hydrogen-bond acceptors (Lipinski definition) is 3. The standard InChI is InChI=1S/C14H22N2O2/c1-13(2,3)18-12(17)16-11-9-7-6-8-10(11)14(4,5)15/h6-9H,15H2,1-5H3,(H,16,17). The highest BCUT2D eigenvalue weighted by Crippen LogP contribution is 2.25. The zero-order valence-electron chi connectivity index (χ0n) is 11.7. The summed E-state index contributed by atoms with van der Waals surface area (Å²) in [5.41, 5.74) is 6.58. The molecule has 0 bridgehead atoms. The average Bonchev–Trinajstić information content (AvgIpc) is 2.13. The van der Waals surface area contributed by atoms with Gasteiger partial charge in [0.1, 0.15) is 5.60 Å². The minimum Gasteiger partial charge on any atom is -0.444 e. The lowest BCUT2D eigenvalue weighted by atomic mass is 9.94. The SMILES string of the molecule is CC(C)(C)OC(=O)Nc1ccccc1C(C)(C)N. The minimum absolute atomic E-state index is 0.473. The van der Waals surface area contributed by atoms with Gasteiger partial charge in [-0.1, -0.05) is 18.2 Å². The summed E-state index contributed by atoms with van der Waals surface area (Å²) in [6.45, 7) is 9.26. The molecule has 0 atom stereocenters. The number of anilines is 1. The summed E-state index contributed by atoms with van der Waals surface area (Å²) in [6.07, 6.45) is -0.473. The van der Waals surface area contributed by atoms with E-state index in [0.29, 0.717) is 5.69 Å². The van der Waals surface area contributed by atoms with Crippen LogP contribution in [0, 0.1) is 0 Å². The molecular weight excluding hydrogens is 228 g/mol. The van der Waals surface area contributed by atoms with Crippen LogP contribution in [0.3, 0.4) is 0 Å². The fourth-order valence-electron chi connectivity index (χ4n) is 1.57. The van der Waals surface area contributed by atoms with E-state index in [-0.39, 0.29) is 0 Å². The van der Waals surface area contributed by atoms with Gasteiger partial charge in [-0.05, 0) is 46.2 Å². The van der Waals surface area contributed by atoms with E-state index in [1.807, 2.05) is 58.9 Å². The molecule has 18 heavy (non-hydrogen) atoms. The van der Waals surface area contributed by atoms with Crippen molar-refractivity contribution in [3.05, 3.63) is 29.8 Å². The molecule has 0 aliphatic rings. The number of nitrogens with one attached hydrogen (secondary N) is 1. The lowest BCUT2D eigenvalue weighted by Gasteiger charge is -2.24. The summed E-state index contributed by atoms with van der Waals surface area (Å²) < 4.78 is 5.22. The van der Waals surface area contributed by atoms with Gasteiger partial charge in [0, 0.05) is 11.2 Å². The van der Waals surface area contributed by atoms with Gasteiger partial charge in [0.25, 0.3) is 0 Å². The Balaban J connectivity index is 2.89. The molecule has 1 aromatic rings. The Morgan fingerprint density at radius 3 is 2.22 bits per heavy atom. The van der Waals surface area contributed by atoms with E-state index in [1.165, 1.54) is 0 Å². The molecule has 0 saturated heterocycles. The largest absolute Gasteiger partial charge is 0.444 e. The molecule has 0 aromatic heterocycles. The van der Waals surface area contributed by atoms with Gasteiger partial charge in [0.2, 0.25) is 0 Å². The van der Waals surface area contributed by atoms with Gasteiger partial charge in [-0.2, -0.15) is 0 Å². The second kappa shape index (κ2) is 4.98. The number of benzene rings is 1. The Hall–Kier alpha value is -1.55. The van der Waals surface area contributed by atoms with Crippen molar-refractivity contribution >= 4 is 11.8 Å². The molecule has 1 amide bonds. The Bertz CT molecular complexity index is 428. The van der Waals surface area contributed by atoms with Gasteiger partial charge in [-0.15, -0.1) is 0 Å². The highest BCUT2D eigenvalue weighted by molar-refractivity contribution is 5.86. The van der Waals surface area contributed by atoms with Gasteiger partial charge < -0.3 is 10.5 Å². The second-order valence-corrected chi connectivity index (χ2v) is 5.89. The van der Waals surface area contributed by atoms with Crippen molar-refractivity contribution in [3.8, 4) is 0 Å². The number of carbonyl (C=O) groups is 1. The third kappa shape index (κ3) is 4.37. The van der Waals surface area contributed by atoms with Gasteiger partial charge in [-0.3, -0.25) is 5.32 Å². The first kappa shape index (κ1) is 14.5. The van der Waals surface area contributed by atoms with Crippen molar-refractivity contribution in [2.45, 2.75) is 45.8 Å². The van der Waals surface area contributed by atoms with Gasteiger partial charge in [0.05, 0.1) is 0 Å². The fourth-order valence-corrected chi connectivity index (χ4v) is 1.57. The van der Waals surface area contributed by atoms with Crippen molar-refractivity contribution < 1.29 is 9.53 Å². The van der Waals surface area contributed by atoms with Crippen LogP contribution in [-0.2, 0) is 10.3 Å². The first-order valence-corrected chi connectivity index (χ1v) is 5.98. The first-order valence-electron chi connectivity index (χ1n) is 5.98. The Kier molecular flexibility index (Phi) is 4.02. The molecule has 0 unspecified atom stereocenters. The quantitative estimate of drug-likeness (QED) is 0.847. The van der Waals surface area contributed by atoms with E-state index in [2.05, 4.69) is 5.32 Å². The number of rotatable bonds is 2. The van der Waals surface area contributed by atoms with Crippen LogP contribution in [0.1, 0.15) is 40.2 Å². The Morgan fingerprint density at radius 1 is 1.17 bits per heavy atom. The molecule has 0 radical (unpaired) electrons. The summed E-state index contributed by atoms with van der Waals surface area (Å²) in [4.78, 5) is 11.7. The van der Waals surface area contributed by atoms with Crippen molar-refractivity contribution in [3.63, 3.8) is 0 Å². The molecule has 4 heteroatoms. The average molecular weight is 250 g/mol. The summed E-state index contributed by atoms with van der Waals surface area (Å²) >= 11 is 0. The van der Waals surface area contributed by atoms with E-state index in [1.54, 1.807) is 0 Å². The molecule has 0 aliphatic carbocycles. The topological polar surface area (TPSA) is 64.3 Å². The third-order valence-electron chi connectivity index (χ3n) is 2.26. The number of carbonyl (C=O) groups excluding carboxylic acids is 1. The molecule has 0 aliphatic heterocycles. The monoisotopic (exact) mass is 250 g/mol. The van der Waals surface area contributed by atoms with Crippen LogP contribution in [-0.4, -0.2) is 11.7 Å². The molecule has 3 N–H and O–H groups in total. The lowest BCUT2D eigenvalue weighted by molar-refractivity contribution is 0.0635. The van der Waals surface area contributed by atoms with E-state index in [0.717, 1.165) is 5.56 Å². The zero-order valence-corrected chi connectivity index (χ0v) is 11.7. The summed E-state index contributed by atoms with van der Waals surface area (Å²) in [5.74, 6) is 0. The van der Waals surface area contributed by atoms with E-state index in [4.69, 9.17) is 10.5 Å². The van der Waals surface area contributed by atoms with Crippen LogP contribution >= 0.6 is 0 Å². The summed E-state index contributed by atoms with van der Waals surface area (Å²) in [7, 11) is 0. The number of hydrogen-bond donors (Lipinski definition) is 2. The molecule has 0 fully saturated rings. The first-order chi connectivity index (χ1) is 8.09. The van der Waals surface area contributed by atoms with Crippen LogP contribution in [0.5, 0.6) is 0 Å². The highest BCUT2D eigenvalue weighted by Gasteiger charge is 2.21. The predicted molar refractivity (Wildman–Crippen MR) is 73.5 cm³/mol. The molecule has 0 spiro atoms. The number of ether oxygens (including phenoxy) is 1. The van der Waals surface area contributed by atoms with Crippen LogP contribution in [0.2, 0.25) is 0 Å². The number of nitrogens with two attached hydrogens (primary N) is 1. The normalized spacial score (nSPS) is 12.1. The Morgan fingerprint density at radius 2 is 1.72 bits per heavy atom. The molecule has 0 heterocycles. The Labute approximate surface area is 109 Å². The van der Waals surface area contributed by atoms with Crippen LogP contribution in [0.4, 0.5) is 10.5 Å². The van der Waals surface area contributed by atoms with Crippen molar-refractivity contribution in [1.82, 2.24) is 0 Å². The predicted octanol–water partition coefficient (Wildman–Crippen LogP) is 3.23. The maximum atomic E-state index is 11.7. The fraction of sp³-hybridized carbons (Fsp3) is 0.500. The van der Waals surface area contributed by atoms with Crippen molar-refractivity contribution in [1.29, 1.82) is 0 Å². The minimum atomic E-state index is -0.522. The van der Waals surface area contributed by atoms with Crippen molar-refractivity contribution in [2.24, 2.45) is 5.73 Å².